The molecular weight excluding hydrogens is 274 g/mol. The third-order valence-electron chi connectivity index (χ3n) is 2.39. The van der Waals surface area contributed by atoms with Gasteiger partial charge in [-0.2, -0.15) is 12.6 Å². The van der Waals surface area contributed by atoms with Gasteiger partial charge in [0.15, 0.2) is 0 Å². The van der Waals surface area contributed by atoms with Crippen LogP contribution in [0.15, 0.2) is 12.4 Å². The second-order valence-corrected chi connectivity index (χ2v) is 5.09. The van der Waals surface area contributed by atoms with Crippen molar-refractivity contribution in [2.24, 2.45) is 0 Å². The number of nitrogen functional groups attached to an aromatic ring is 1. The van der Waals surface area contributed by atoms with Gasteiger partial charge < -0.3 is 15.8 Å². The third-order valence-corrected chi connectivity index (χ3v) is 3.93. The van der Waals surface area contributed by atoms with Crippen molar-refractivity contribution in [3.63, 3.8) is 0 Å². The van der Waals surface area contributed by atoms with Crippen LogP contribution in [0, 0.1) is 10.1 Å². The Hall–Kier alpha value is -1.61. The summed E-state index contributed by atoms with van der Waals surface area (Å²) in [4.78, 5) is 18.6. The van der Waals surface area contributed by atoms with Crippen LogP contribution in [-0.4, -0.2) is 19.5 Å². The zero-order chi connectivity index (χ0) is 13.3. The van der Waals surface area contributed by atoms with E-state index in [0.717, 1.165) is 0 Å². The number of thiol groups is 1. The number of rotatable bonds is 4. The fourth-order valence-corrected chi connectivity index (χ4v) is 2.71. The molecule has 0 saturated carbocycles. The highest BCUT2D eigenvalue weighted by atomic mass is 32.1. The lowest BCUT2D eigenvalue weighted by Crippen LogP contribution is -2.08. The number of nitro groups is 1. The summed E-state index contributed by atoms with van der Waals surface area (Å²) in [6.07, 6.45) is 2.77. The summed E-state index contributed by atoms with van der Waals surface area (Å²) < 4.78 is 1.51. The van der Waals surface area contributed by atoms with E-state index in [1.165, 1.54) is 28.3 Å². The van der Waals surface area contributed by atoms with E-state index in [1.54, 1.807) is 0 Å². The Morgan fingerprint density at radius 2 is 2.33 bits per heavy atom. The van der Waals surface area contributed by atoms with E-state index in [0.29, 0.717) is 22.4 Å². The molecule has 7 nitrogen and oxygen atoms in total. The summed E-state index contributed by atoms with van der Waals surface area (Å²) in [5, 5.41) is 11.7. The van der Waals surface area contributed by atoms with Crippen molar-refractivity contribution in [1.82, 2.24) is 14.5 Å². The number of nitrogens with two attached hydrogens (primary N) is 1. The first-order valence-electron chi connectivity index (χ1n) is 5.13. The first-order valence-corrected chi connectivity index (χ1v) is 6.47. The second-order valence-electron chi connectivity index (χ2n) is 3.48. The minimum absolute atomic E-state index is 0.0453. The molecule has 2 rings (SSSR count). The molecule has 2 N–H and O–H groups in total. The van der Waals surface area contributed by atoms with Crippen LogP contribution in [-0.2, 0) is 6.54 Å². The largest absolute Gasteiger partial charge is 0.389 e. The summed E-state index contributed by atoms with van der Waals surface area (Å²) in [6, 6.07) is 0. The number of imidazole rings is 1. The lowest BCUT2D eigenvalue weighted by atomic mass is 10.4. The van der Waals surface area contributed by atoms with E-state index in [4.69, 9.17) is 5.73 Å². The predicted octanol–water partition coefficient (Wildman–Crippen LogP) is 1.87. The molecule has 2 aromatic rings. The number of aromatic nitrogens is 3. The van der Waals surface area contributed by atoms with Gasteiger partial charge in [-0.15, -0.1) is 11.3 Å². The molecule has 0 fully saturated rings. The SMILES string of the molecule is CCn1c([N+](=O)[O-])cnc1C(S)c1ncc(N)s1. The van der Waals surface area contributed by atoms with Crippen LogP contribution < -0.4 is 5.73 Å². The monoisotopic (exact) mass is 285 g/mol. The summed E-state index contributed by atoms with van der Waals surface area (Å²) in [5.74, 6) is 0.456. The Morgan fingerprint density at radius 3 is 2.83 bits per heavy atom. The van der Waals surface area contributed by atoms with Gasteiger partial charge in [0.1, 0.15) is 21.5 Å². The molecule has 2 aromatic heterocycles. The van der Waals surface area contributed by atoms with Crippen LogP contribution in [0.4, 0.5) is 10.8 Å². The van der Waals surface area contributed by atoms with E-state index >= 15 is 0 Å². The molecule has 0 aliphatic carbocycles. The minimum Gasteiger partial charge on any atom is -0.389 e. The summed E-state index contributed by atoms with van der Waals surface area (Å²) in [5.41, 5.74) is 5.61. The van der Waals surface area contributed by atoms with Crippen molar-refractivity contribution < 1.29 is 4.92 Å². The minimum atomic E-state index is -0.462. The number of anilines is 1. The first-order chi connectivity index (χ1) is 8.54. The fraction of sp³-hybridized carbons (Fsp3) is 0.333. The molecule has 9 heteroatoms. The summed E-state index contributed by atoms with van der Waals surface area (Å²) in [6.45, 7) is 2.26. The summed E-state index contributed by atoms with van der Waals surface area (Å²) in [7, 11) is 0. The molecule has 1 atom stereocenters. The average molecular weight is 285 g/mol. The Morgan fingerprint density at radius 1 is 1.61 bits per heavy atom. The lowest BCUT2D eigenvalue weighted by molar-refractivity contribution is -0.392. The number of hydrogen-bond donors (Lipinski definition) is 2. The molecular formula is C9H11N5O2S2. The van der Waals surface area contributed by atoms with Crippen molar-refractivity contribution in [3.05, 3.63) is 33.3 Å². The van der Waals surface area contributed by atoms with E-state index in [2.05, 4.69) is 22.6 Å². The Kier molecular flexibility index (Phi) is 3.53. The maximum Gasteiger partial charge on any atom is 0.342 e. The van der Waals surface area contributed by atoms with Crippen molar-refractivity contribution in [2.75, 3.05) is 5.73 Å². The first kappa shape index (κ1) is 12.8. The van der Waals surface area contributed by atoms with Gasteiger partial charge >= 0.3 is 5.82 Å². The van der Waals surface area contributed by atoms with Gasteiger partial charge in [0.2, 0.25) is 5.82 Å². The van der Waals surface area contributed by atoms with E-state index in [1.807, 2.05) is 6.92 Å². The van der Waals surface area contributed by atoms with Gasteiger partial charge in [-0.3, -0.25) is 0 Å². The fourth-order valence-electron chi connectivity index (χ4n) is 1.61. The number of hydrogen-bond acceptors (Lipinski definition) is 7. The number of nitrogens with zero attached hydrogens (tertiary/aromatic N) is 4. The normalized spacial score (nSPS) is 12.6. The van der Waals surface area contributed by atoms with Crippen molar-refractivity contribution in [3.8, 4) is 0 Å². The standard InChI is InChI=1S/C9H11N5O2S2/c1-2-13-6(14(15)16)4-11-8(13)7(17)9-12-3-5(10)18-9/h3-4,7,17H,2,10H2,1H3. The molecule has 2 heterocycles. The molecule has 1 unspecified atom stereocenters. The molecule has 0 radical (unpaired) electrons. The van der Waals surface area contributed by atoms with Crippen molar-refractivity contribution in [2.45, 2.75) is 18.7 Å². The van der Waals surface area contributed by atoms with Gasteiger partial charge in [-0.1, -0.05) is 0 Å². The van der Waals surface area contributed by atoms with Gasteiger partial charge in [0.25, 0.3) is 0 Å². The molecule has 0 aromatic carbocycles. The Labute approximate surface area is 112 Å². The molecule has 0 amide bonds. The topological polar surface area (TPSA) is 99.9 Å². The molecule has 96 valence electrons. The molecule has 0 aliphatic rings. The maximum absolute atomic E-state index is 10.8. The van der Waals surface area contributed by atoms with Gasteiger partial charge in [0, 0.05) is 0 Å². The highest BCUT2D eigenvalue weighted by Gasteiger charge is 2.26. The van der Waals surface area contributed by atoms with Gasteiger partial charge in [0.05, 0.1) is 12.7 Å². The van der Waals surface area contributed by atoms with Gasteiger partial charge in [-0.05, 0) is 11.8 Å². The maximum atomic E-state index is 10.8. The van der Waals surface area contributed by atoms with Crippen LogP contribution in [0.25, 0.3) is 0 Å². The lowest BCUT2D eigenvalue weighted by Gasteiger charge is -2.06. The van der Waals surface area contributed by atoms with Crippen LogP contribution >= 0.6 is 24.0 Å². The quantitative estimate of drug-likeness (QED) is 0.507. The highest BCUT2D eigenvalue weighted by Crippen LogP contribution is 2.33. The summed E-state index contributed by atoms with van der Waals surface area (Å²) >= 11 is 5.71. The van der Waals surface area contributed by atoms with Crippen molar-refractivity contribution >= 4 is 34.8 Å². The zero-order valence-electron chi connectivity index (χ0n) is 9.48. The van der Waals surface area contributed by atoms with E-state index in [-0.39, 0.29) is 5.82 Å². The molecule has 0 aliphatic heterocycles. The van der Waals surface area contributed by atoms with Crippen LogP contribution in [0.1, 0.15) is 23.0 Å². The highest BCUT2D eigenvalue weighted by molar-refractivity contribution is 7.80. The average Bonchev–Trinajstić information content (AvgIpc) is 2.93. The Bertz CT molecular complexity index is 579. The molecule has 0 bridgehead atoms. The second kappa shape index (κ2) is 4.94. The zero-order valence-corrected chi connectivity index (χ0v) is 11.2. The molecule has 0 saturated heterocycles. The Balaban J connectivity index is 2.42. The molecule has 18 heavy (non-hydrogen) atoms. The number of thiazole rings is 1. The molecule has 0 spiro atoms. The van der Waals surface area contributed by atoms with Crippen molar-refractivity contribution in [1.29, 1.82) is 0 Å². The smallest absolute Gasteiger partial charge is 0.342 e. The van der Waals surface area contributed by atoms with E-state index < -0.39 is 10.2 Å². The van der Waals surface area contributed by atoms with Crippen LogP contribution in [0.3, 0.4) is 0 Å². The van der Waals surface area contributed by atoms with Crippen LogP contribution in [0.2, 0.25) is 0 Å². The van der Waals surface area contributed by atoms with Gasteiger partial charge in [-0.25, -0.2) is 14.5 Å². The predicted molar refractivity (Wildman–Crippen MR) is 71.9 cm³/mol. The third kappa shape index (κ3) is 2.18. The van der Waals surface area contributed by atoms with E-state index in [9.17, 15) is 10.1 Å². The van der Waals surface area contributed by atoms with Crippen LogP contribution in [0.5, 0.6) is 0 Å².